The highest BCUT2D eigenvalue weighted by atomic mass is 16.6. The van der Waals surface area contributed by atoms with Gasteiger partial charge in [-0.2, -0.15) is 0 Å². The Morgan fingerprint density at radius 3 is 2.59 bits per heavy atom. The van der Waals surface area contributed by atoms with Crippen molar-refractivity contribution in [2.24, 2.45) is 0 Å². The molecule has 1 aromatic heterocycles. The van der Waals surface area contributed by atoms with Crippen LogP contribution in [0.4, 0.5) is 5.69 Å². The molecule has 0 unspecified atom stereocenters. The molecule has 9 heteroatoms. The third-order valence-corrected chi connectivity index (χ3v) is 5.43. The largest absolute Gasteiger partial charge is 0.486 e. The highest BCUT2D eigenvalue weighted by Gasteiger charge is 2.26. The summed E-state index contributed by atoms with van der Waals surface area (Å²) in [7, 11) is 0. The van der Waals surface area contributed by atoms with Crippen molar-refractivity contribution in [1.29, 1.82) is 0 Å². The summed E-state index contributed by atoms with van der Waals surface area (Å²) in [6, 6.07) is 8.59. The lowest BCUT2D eigenvalue weighted by Gasteiger charge is -2.23. The Bertz CT molecular complexity index is 976. The molecule has 32 heavy (non-hydrogen) atoms. The average molecular weight is 438 g/mol. The van der Waals surface area contributed by atoms with Crippen LogP contribution in [0.25, 0.3) is 0 Å². The van der Waals surface area contributed by atoms with Gasteiger partial charge in [0.05, 0.1) is 0 Å². The standard InChI is InChI=1S/C23H26N4O5/c28-21(25-17-5-1-2-6-17)15-27(14-16-4-3-9-24-13-16)23(30)22(29)26-18-7-8-19-20(12-18)32-11-10-31-19/h3-4,7-9,12-13,17H,1-2,5-6,10-11,14-15H2,(H,25,28)(H,26,29). The van der Waals surface area contributed by atoms with E-state index in [1.54, 1.807) is 42.7 Å². The molecule has 0 atom stereocenters. The van der Waals surface area contributed by atoms with Gasteiger partial charge >= 0.3 is 11.8 Å². The Labute approximate surface area is 186 Å². The molecular formula is C23H26N4O5. The number of hydrogen-bond acceptors (Lipinski definition) is 6. The Morgan fingerprint density at radius 1 is 1.06 bits per heavy atom. The molecule has 3 amide bonds. The second kappa shape index (κ2) is 10.1. The smallest absolute Gasteiger partial charge is 0.313 e. The SMILES string of the molecule is O=C(CN(Cc1cccnc1)C(=O)C(=O)Nc1ccc2c(c1)OCCO2)NC1CCCC1. The lowest BCUT2D eigenvalue weighted by molar-refractivity contribution is -0.145. The molecule has 0 saturated heterocycles. The fraction of sp³-hybridized carbons (Fsp3) is 0.391. The summed E-state index contributed by atoms with van der Waals surface area (Å²) >= 11 is 0. The Hall–Kier alpha value is -3.62. The molecule has 1 fully saturated rings. The highest BCUT2D eigenvalue weighted by molar-refractivity contribution is 6.39. The van der Waals surface area contributed by atoms with E-state index in [-0.39, 0.29) is 25.0 Å². The van der Waals surface area contributed by atoms with Gasteiger partial charge in [-0.1, -0.05) is 18.9 Å². The predicted octanol–water partition coefficient (Wildman–Crippen LogP) is 1.88. The quantitative estimate of drug-likeness (QED) is 0.667. The van der Waals surface area contributed by atoms with Crippen LogP contribution in [-0.2, 0) is 20.9 Å². The maximum absolute atomic E-state index is 13.0. The van der Waals surface area contributed by atoms with Crippen LogP contribution in [0.1, 0.15) is 31.2 Å². The zero-order valence-corrected chi connectivity index (χ0v) is 17.7. The van der Waals surface area contributed by atoms with E-state index in [1.807, 2.05) is 0 Å². The van der Waals surface area contributed by atoms with Crippen LogP contribution in [0, 0.1) is 0 Å². The molecule has 168 valence electrons. The van der Waals surface area contributed by atoms with Crippen molar-refractivity contribution in [3.8, 4) is 11.5 Å². The minimum atomic E-state index is -0.834. The number of carbonyl (C=O) groups is 3. The first kappa shape index (κ1) is 21.6. The first-order valence-corrected chi connectivity index (χ1v) is 10.8. The number of anilines is 1. The van der Waals surface area contributed by atoms with Crippen LogP contribution in [0.3, 0.4) is 0 Å². The highest BCUT2D eigenvalue weighted by Crippen LogP contribution is 2.32. The van der Waals surface area contributed by atoms with Crippen molar-refractivity contribution in [2.45, 2.75) is 38.3 Å². The molecule has 2 aliphatic rings. The van der Waals surface area contributed by atoms with E-state index in [0.29, 0.717) is 30.4 Å². The van der Waals surface area contributed by atoms with Crippen LogP contribution >= 0.6 is 0 Å². The van der Waals surface area contributed by atoms with E-state index in [4.69, 9.17) is 9.47 Å². The fourth-order valence-electron chi connectivity index (χ4n) is 3.88. The Kier molecular flexibility index (Phi) is 6.84. The van der Waals surface area contributed by atoms with Crippen LogP contribution in [-0.4, -0.2) is 53.4 Å². The number of pyridine rings is 1. The topological polar surface area (TPSA) is 110 Å². The third kappa shape index (κ3) is 5.54. The van der Waals surface area contributed by atoms with Gasteiger partial charge in [0.25, 0.3) is 0 Å². The number of ether oxygens (including phenoxy) is 2. The van der Waals surface area contributed by atoms with E-state index in [1.165, 1.54) is 4.90 Å². The number of nitrogens with zero attached hydrogens (tertiary/aromatic N) is 2. The number of hydrogen-bond donors (Lipinski definition) is 2. The molecule has 2 aromatic rings. The second-order valence-electron chi connectivity index (χ2n) is 7.88. The number of amides is 3. The molecule has 9 nitrogen and oxygen atoms in total. The summed E-state index contributed by atoms with van der Waals surface area (Å²) in [5, 5.41) is 5.55. The van der Waals surface area contributed by atoms with Crippen molar-refractivity contribution in [3.05, 3.63) is 48.3 Å². The zero-order chi connectivity index (χ0) is 22.3. The van der Waals surface area contributed by atoms with Gasteiger partial charge in [-0.05, 0) is 36.6 Å². The molecule has 2 heterocycles. The maximum Gasteiger partial charge on any atom is 0.313 e. The van der Waals surface area contributed by atoms with E-state index >= 15 is 0 Å². The summed E-state index contributed by atoms with van der Waals surface area (Å²) in [5.41, 5.74) is 1.13. The molecule has 1 aliphatic heterocycles. The number of benzene rings is 1. The number of fused-ring (bicyclic) bond motifs is 1. The molecule has 1 aliphatic carbocycles. The van der Waals surface area contributed by atoms with Gasteiger partial charge in [-0.25, -0.2) is 0 Å². The van der Waals surface area contributed by atoms with Crippen LogP contribution in [0.2, 0.25) is 0 Å². The van der Waals surface area contributed by atoms with E-state index in [2.05, 4.69) is 15.6 Å². The van der Waals surface area contributed by atoms with Gasteiger partial charge < -0.3 is 25.0 Å². The molecule has 1 saturated carbocycles. The number of carbonyl (C=O) groups excluding carboxylic acids is 3. The molecular weight excluding hydrogens is 412 g/mol. The van der Waals surface area contributed by atoms with Gasteiger partial charge in [0, 0.05) is 36.7 Å². The van der Waals surface area contributed by atoms with Crippen molar-refractivity contribution in [2.75, 3.05) is 25.1 Å². The Balaban J connectivity index is 1.44. The molecule has 1 aromatic carbocycles. The fourth-order valence-corrected chi connectivity index (χ4v) is 3.88. The summed E-state index contributed by atoms with van der Waals surface area (Å²) in [6.07, 6.45) is 7.27. The maximum atomic E-state index is 13.0. The summed E-state index contributed by atoms with van der Waals surface area (Å²) < 4.78 is 11.0. The zero-order valence-electron chi connectivity index (χ0n) is 17.7. The van der Waals surface area contributed by atoms with Crippen LogP contribution in [0.15, 0.2) is 42.7 Å². The number of aromatic nitrogens is 1. The minimum absolute atomic E-state index is 0.0965. The van der Waals surface area contributed by atoms with Gasteiger partial charge in [-0.3, -0.25) is 19.4 Å². The average Bonchev–Trinajstić information content (AvgIpc) is 3.31. The summed E-state index contributed by atoms with van der Waals surface area (Å²) in [4.78, 5) is 43.5. The number of nitrogens with one attached hydrogen (secondary N) is 2. The molecule has 2 N–H and O–H groups in total. The van der Waals surface area contributed by atoms with E-state index in [0.717, 1.165) is 31.2 Å². The molecule has 0 spiro atoms. The molecule has 0 radical (unpaired) electrons. The predicted molar refractivity (Wildman–Crippen MR) is 116 cm³/mol. The lowest BCUT2D eigenvalue weighted by atomic mass is 10.2. The van der Waals surface area contributed by atoms with Crippen molar-refractivity contribution >= 4 is 23.4 Å². The normalized spacial score (nSPS) is 15.1. The first-order valence-electron chi connectivity index (χ1n) is 10.8. The van der Waals surface area contributed by atoms with E-state index < -0.39 is 11.8 Å². The third-order valence-electron chi connectivity index (χ3n) is 5.43. The van der Waals surface area contributed by atoms with Gasteiger partial charge in [0.2, 0.25) is 5.91 Å². The summed E-state index contributed by atoms with van der Waals surface area (Å²) in [5.74, 6) is -0.821. The van der Waals surface area contributed by atoms with Gasteiger partial charge in [-0.15, -0.1) is 0 Å². The van der Waals surface area contributed by atoms with E-state index in [9.17, 15) is 14.4 Å². The Morgan fingerprint density at radius 2 is 1.84 bits per heavy atom. The van der Waals surface area contributed by atoms with Crippen LogP contribution in [0.5, 0.6) is 11.5 Å². The second-order valence-corrected chi connectivity index (χ2v) is 7.88. The number of rotatable bonds is 6. The minimum Gasteiger partial charge on any atom is -0.486 e. The van der Waals surface area contributed by atoms with Gasteiger partial charge in [0.15, 0.2) is 11.5 Å². The van der Waals surface area contributed by atoms with Crippen molar-refractivity contribution in [3.63, 3.8) is 0 Å². The molecule has 4 rings (SSSR count). The lowest BCUT2D eigenvalue weighted by Crippen LogP contribution is -2.46. The van der Waals surface area contributed by atoms with Crippen molar-refractivity contribution in [1.82, 2.24) is 15.2 Å². The summed E-state index contributed by atoms with van der Waals surface area (Å²) in [6.45, 7) is 0.764. The van der Waals surface area contributed by atoms with Crippen molar-refractivity contribution < 1.29 is 23.9 Å². The first-order chi connectivity index (χ1) is 15.6. The molecule has 0 bridgehead atoms. The van der Waals surface area contributed by atoms with Gasteiger partial charge in [0.1, 0.15) is 19.8 Å². The monoisotopic (exact) mass is 438 g/mol. The van der Waals surface area contributed by atoms with Crippen LogP contribution < -0.4 is 20.1 Å².